The van der Waals surface area contributed by atoms with E-state index in [0.29, 0.717) is 13.2 Å². The van der Waals surface area contributed by atoms with Crippen molar-refractivity contribution in [2.75, 3.05) is 31.8 Å². The van der Waals surface area contributed by atoms with Crippen LogP contribution in [0.1, 0.15) is 32.1 Å². The van der Waals surface area contributed by atoms with E-state index in [0.717, 1.165) is 25.7 Å². The van der Waals surface area contributed by atoms with E-state index in [9.17, 15) is 16.8 Å². The van der Waals surface area contributed by atoms with Gasteiger partial charge in [-0.05, 0) is 19.3 Å². The number of methoxy groups -OCH3 is 1. The van der Waals surface area contributed by atoms with Crippen LogP contribution in [0.15, 0.2) is 0 Å². The number of sulfonamides is 1. The molecule has 2 fully saturated rings. The normalized spacial score (nSPS) is 28.8. The summed E-state index contributed by atoms with van der Waals surface area (Å²) in [5, 5.41) is -0.798. The quantitative estimate of drug-likeness (QED) is 0.758. The Balaban J connectivity index is 1.98. The van der Waals surface area contributed by atoms with Gasteiger partial charge in [-0.25, -0.2) is 21.6 Å². The van der Waals surface area contributed by atoms with Crippen LogP contribution in [0.5, 0.6) is 0 Å². The summed E-state index contributed by atoms with van der Waals surface area (Å²) in [6.07, 6.45) is 4.28. The Bertz CT molecular complexity index is 534. The minimum atomic E-state index is -3.56. The molecule has 0 spiro atoms. The summed E-state index contributed by atoms with van der Waals surface area (Å²) in [5.41, 5.74) is -0.126. The van der Waals surface area contributed by atoms with E-state index in [1.165, 1.54) is 0 Å². The minimum Gasteiger partial charge on any atom is -0.384 e. The van der Waals surface area contributed by atoms with Gasteiger partial charge in [-0.1, -0.05) is 12.8 Å². The van der Waals surface area contributed by atoms with Gasteiger partial charge >= 0.3 is 0 Å². The van der Waals surface area contributed by atoms with Gasteiger partial charge in [-0.2, -0.15) is 0 Å². The molecule has 1 unspecified atom stereocenters. The molecule has 0 amide bonds. The lowest BCUT2D eigenvalue weighted by Gasteiger charge is -2.28. The van der Waals surface area contributed by atoms with Crippen LogP contribution < -0.4 is 4.72 Å². The highest BCUT2D eigenvalue weighted by atomic mass is 32.2. The highest BCUT2D eigenvalue weighted by molar-refractivity contribution is 7.95. The van der Waals surface area contributed by atoms with E-state index in [4.69, 9.17) is 4.74 Å². The molecule has 118 valence electrons. The first-order chi connectivity index (χ1) is 9.29. The van der Waals surface area contributed by atoms with Gasteiger partial charge in [-0.3, -0.25) is 0 Å². The molecule has 1 saturated carbocycles. The Morgan fingerprint density at radius 1 is 1.30 bits per heavy atom. The van der Waals surface area contributed by atoms with Crippen molar-refractivity contribution in [2.45, 2.75) is 37.4 Å². The second kappa shape index (κ2) is 5.90. The van der Waals surface area contributed by atoms with E-state index in [-0.39, 0.29) is 23.3 Å². The second-order valence-corrected chi connectivity index (χ2v) is 10.3. The van der Waals surface area contributed by atoms with Crippen LogP contribution in [-0.2, 0) is 24.6 Å². The summed E-state index contributed by atoms with van der Waals surface area (Å²) < 4.78 is 55.1. The lowest BCUT2D eigenvalue weighted by Crippen LogP contribution is -2.43. The number of hydrogen-bond acceptors (Lipinski definition) is 5. The largest absolute Gasteiger partial charge is 0.384 e. The van der Waals surface area contributed by atoms with Crippen molar-refractivity contribution in [3.8, 4) is 0 Å². The summed E-state index contributed by atoms with van der Waals surface area (Å²) in [7, 11) is -5.12. The monoisotopic (exact) mass is 325 g/mol. The zero-order valence-corrected chi connectivity index (χ0v) is 13.4. The van der Waals surface area contributed by atoms with Crippen molar-refractivity contribution in [2.24, 2.45) is 5.41 Å². The van der Waals surface area contributed by atoms with Crippen molar-refractivity contribution in [1.82, 2.24) is 4.72 Å². The molecule has 0 radical (unpaired) electrons. The van der Waals surface area contributed by atoms with Crippen LogP contribution in [0, 0.1) is 5.41 Å². The summed E-state index contributed by atoms with van der Waals surface area (Å²) in [4.78, 5) is 0. The summed E-state index contributed by atoms with van der Waals surface area (Å²) in [6, 6.07) is 0. The fraction of sp³-hybridized carbons (Fsp3) is 1.00. The summed E-state index contributed by atoms with van der Waals surface area (Å²) in [6.45, 7) is 0.887. The van der Waals surface area contributed by atoms with Crippen LogP contribution in [0.4, 0.5) is 0 Å². The molecule has 0 bridgehead atoms. The topological polar surface area (TPSA) is 89.5 Å². The third-order valence-electron chi connectivity index (χ3n) is 4.39. The van der Waals surface area contributed by atoms with Crippen molar-refractivity contribution in [3.63, 3.8) is 0 Å². The van der Waals surface area contributed by atoms with E-state index < -0.39 is 25.1 Å². The van der Waals surface area contributed by atoms with Gasteiger partial charge in [-0.15, -0.1) is 0 Å². The zero-order chi connectivity index (χ0) is 14.9. The first-order valence-corrected chi connectivity index (χ1v) is 10.3. The Morgan fingerprint density at radius 3 is 2.45 bits per heavy atom. The maximum atomic E-state index is 12.2. The molecule has 2 rings (SSSR count). The fourth-order valence-electron chi connectivity index (χ4n) is 3.18. The number of hydrogen-bond donors (Lipinski definition) is 1. The van der Waals surface area contributed by atoms with Gasteiger partial charge in [0, 0.05) is 19.1 Å². The van der Waals surface area contributed by atoms with Crippen LogP contribution in [0.3, 0.4) is 0 Å². The number of sulfone groups is 1. The van der Waals surface area contributed by atoms with Gasteiger partial charge in [0.15, 0.2) is 9.84 Å². The van der Waals surface area contributed by atoms with Crippen LogP contribution in [-0.4, -0.2) is 53.9 Å². The van der Waals surface area contributed by atoms with Crippen LogP contribution in [0.2, 0.25) is 0 Å². The summed E-state index contributed by atoms with van der Waals surface area (Å²) >= 11 is 0. The molecule has 1 atom stereocenters. The van der Waals surface area contributed by atoms with E-state index in [1.807, 2.05) is 0 Å². The van der Waals surface area contributed by atoms with Crippen LogP contribution in [0.25, 0.3) is 0 Å². The standard InChI is InChI=1S/C12H23NO5S2/c1-18-10-12(5-2-3-6-12)9-13-20(16,17)11-4-7-19(14,15)8-11/h11,13H,2-10H2,1H3. The van der Waals surface area contributed by atoms with Gasteiger partial charge < -0.3 is 4.74 Å². The van der Waals surface area contributed by atoms with Crippen molar-refractivity contribution in [3.05, 3.63) is 0 Å². The van der Waals surface area contributed by atoms with E-state index >= 15 is 0 Å². The van der Waals surface area contributed by atoms with Crippen molar-refractivity contribution < 1.29 is 21.6 Å². The Labute approximate surface area is 121 Å². The third kappa shape index (κ3) is 3.72. The maximum Gasteiger partial charge on any atom is 0.215 e. The molecule has 2 aliphatic rings. The lowest BCUT2D eigenvalue weighted by atomic mass is 9.87. The molecule has 6 nitrogen and oxygen atoms in total. The molecule has 0 aromatic carbocycles. The molecular formula is C12H23NO5S2. The average molecular weight is 325 g/mol. The van der Waals surface area contributed by atoms with Crippen molar-refractivity contribution >= 4 is 19.9 Å². The molecule has 1 heterocycles. The van der Waals surface area contributed by atoms with E-state index in [1.54, 1.807) is 7.11 Å². The molecule has 1 N–H and O–H groups in total. The van der Waals surface area contributed by atoms with Gasteiger partial charge in [0.25, 0.3) is 0 Å². The number of rotatable bonds is 6. The lowest BCUT2D eigenvalue weighted by molar-refractivity contribution is 0.0866. The molecule has 0 aromatic rings. The summed E-state index contributed by atoms with van der Waals surface area (Å²) in [5.74, 6) is -0.276. The van der Waals surface area contributed by atoms with Crippen LogP contribution >= 0.6 is 0 Å². The number of nitrogens with one attached hydrogen (secondary N) is 1. The Kier molecular flexibility index (Phi) is 4.78. The SMILES string of the molecule is COCC1(CNS(=O)(=O)C2CCS(=O)(=O)C2)CCCC1. The molecule has 20 heavy (non-hydrogen) atoms. The predicted molar refractivity (Wildman–Crippen MR) is 76.8 cm³/mol. The molecule has 8 heteroatoms. The highest BCUT2D eigenvalue weighted by Gasteiger charge is 2.40. The predicted octanol–water partition coefficient (Wildman–Crippen LogP) is 0.300. The molecule has 1 aliphatic carbocycles. The zero-order valence-electron chi connectivity index (χ0n) is 11.8. The Hall–Kier alpha value is -0.180. The molecule has 0 aromatic heterocycles. The first-order valence-electron chi connectivity index (χ1n) is 6.97. The number of ether oxygens (including phenoxy) is 1. The van der Waals surface area contributed by atoms with Gasteiger partial charge in [0.1, 0.15) is 0 Å². The molecular weight excluding hydrogens is 302 g/mol. The maximum absolute atomic E-state index is 12.2. The highest BCUT2D eigenvalue weighted by Crippen LogP contribution is 2.38. The molecule has 1 saturated heterocycles. The third-order valence-corrected chi connectivity index (χ3v) is 8.20. The van der Waals surface area contributed by atoms with Gasteiger partial charge in [0.05, 0.1) is 23.4 Å². The fourth-order valence-corrected chi connectivity index (χ4v) is 7.38. The average Bonchev–Trinajstić information content (AvgIpc) is 2.95. The smallest absolute Gasteiger partial charge is 0.215 e. The second-order valence-electron chi connectivity index (χ2n) is 6.03. The van der Waals surface area contributed by atoms with Gasteiger partial charge in [0.2, 0.25) is 10.0 Å². The van der Waals surface area contributed by atoms with Crippen molar-refractivity contribution in [1.29, 1.82) is 0 Å². The minimum absolute atomic E-state index is 0.0260. The molecule has 1 aliphatic heterocycles. The van der Waals surface area contributed by atoms with E-state index in [2.05, 4.69) is 4.72 Å². The first kappa shape index (κ1) is 16.2. The Morgan fingerprint density at radius 2 is 1.95 bits per heavy atom.